The number of para-hydroxylation sites is 1. The molecule has 3 rings (SSSR count). The van der Waals surface area contributed by atoms with Crippen molar-refractivity contribution in [2.24, 2.45) is 0 Å². The molecule has 1 amide bonds. The second kappa shape index (κ2) is 9.49. The van der Waals surface area contributed by atoms with Crippen LogP contribution in [0.25, 0.3) is 10.9 Å². The Bertz CT molecular complexity index is 1260. The standard InChI is InChI=1S/C22H17F6N3O4/c1-10(20(34)35-2)30-19(33)11-6-7-15(29-9-11)18(32)13-8-16(22(26,27)28)31-17-12(13)4-3-5-14(17)21(23,24)25/h3-10,18,32H,1-2H3,(H,30,33). The van der Waals surface area contributed by atoms with Gasteiger partial charge in [0.2, 0.25) is 0 Å². The van der Waals surface area contributed by atoms with E-state index < -0.39 is 58.7 Å². The molecule has 7 nitrogen and oxygen atoms in total. The molecule has 0 aliphatic heterocycles. The highest BCUT2D eigenvalue weighted by atomic mass is 19.4. The number of methoxy groups -OCH3 is 1. The predicted molar refractivity (Wildman–Crippen MR) is 109 cm³/mol. The number of halogens is 6. The van der Waals surface area contributed by atoms with Gasteiger partial charge in [0.25, 0.3) is 5.91 Å². The number of fused-ring (bicyclic) bond motifs is 1. The predicted octanol–water partition coefficient (Wildman–Crippen LogP) is 4.04. The summed E-state index contributed by atoms with van der Waals surface area (Å²) >= 11 is 0. The molecule has 2 heterocycles. The van der Waals surface area contributed by atoms with Crippen LogP contribution in [0, 0.1) is 0 Å². The summed E-state index contributed by atoms with van der Waals surface area (Å²) in [4.78, 5) is 30.7. The minimum Gasteiger partial charge on any atom is -0.467 e. The number of esters is 1. The Hall–Kier alpha value is -3.74. The molecule has 0 aliphatic rings. The SMILES string of the molecule is COC(=O)C(C)NC(=O)c1ccc(C(O)c2cc(C(F)(F)F)nc3c(C(F)(F)F)cccc23)nc1. The third-order valence-corrected chi connectivity index (χ3v) is 4.99. The zero-order valence-electron chi connectivity index (χ0n) is 18.0. The van der Waals surface area contributed by atoms with Crippen LogP contribution in [0.1, 0.15) is 45.9 Å². The summed E-state index contributed by atoms with van der Waals surface area (Å²) in [6.45, 7) is 1.37. The molecule has 0 radical (unpaired) electrons. The highest BCUT2D eigenvalue weighted by Gasteiger charge is 2.38. The van der Waals surface area contributed by atoms with Gasteiger partial charge in [-0.25, -0.2) is 9.78 Å². The van der Waals surface area contributed by atoms with Crippen LogP contribution in [-0.2, 0) is 21.9 Å². The molecule has 3 aromatic rings. The molecule has 0 saturated carbocycles. The van der Waals surface area contributed by atoms with E-state index in [4.69, 9.17) is 0 Å². The number of aliphatic hydroxyl groups is 1. The molecule has 0 fully saturated rings. The van der Waals surface area contributed by atoms with Crippen molar-refractivity contribution in [1.82, 2.24) is 15.3 Å². The average Bonchev–Trinajstić information content (AvgIpc) is 2.80. The number of aliphatic hydroxyl groups excluding tert-OH is 1. The zero-order valence-corrected chi connectivity index (χ0v) is 18.0. The lowest BCUT2D eigenvalue weighted by Gasteiger charge is -2.18. The summed E-state index contributed by atoms with van der Waals surface area (Å²) in [6, 6.07) is 4.45. The number of benzene rings is 1. The highest BCUT2D eigenvalue weighted by Crippen LogP contribution is 2.39. The average molecular weight is 501 g/mol. The van der Waals surface area contributed by atoms with Gasteiger partial charge in [-0.2, -0.15) is 26.3 Å². The smallest absolute Gasteiger partial charge is 0.433 e. The number of amides is 1. The van der Waals surface area contributed by atoms with Crippen molar-refractivity contribution in [2.45, 2.75) is 31.4 Å². The van der Waals surface area contributed by atoms with E-state index in [2.05, 4.69) is 20.0 Å². The second-order valence-corrected chi connectivity index (χ2v) is 7.39. The lowest BCUT2D eigenvalue weighted by atomic mass is 9.97. The lowest BCUT2D eigenvalue weighted by Crippen LogP contribution is -2.39. The van der Waals surface area contributed by atoms with Crippen LogP contribution in [0.15, 0.2) is 42.6 Å². The number of nitrogens with one attached hydrogen (secondary N) is 1. The lowest BCUT2D eigenvalue weighted by molar-refractivity contribution is -0.142. The van der Waals surface area contributed by atoms with Crippen LogP contribution < -0.4 is 5.32 Å². The van der Waals surface area contributed by atoms with Crippen LogP contribution in [0.2, 0.25) is 0 Å². The quantitative estimate of drug-likeness (QED) is 0.404. The molecule has 0 spiro atoms. The molecule has 35 heavy (non-hydrogen) atoms. The van der Waals surface area contributed by atoms with Crippen molar-refractivity contribution in [2.75, 3.05) is 7.11 Å². The normalized spacial score (nSPS) is 13.9. The van der Waals surface area contributed by atoms with E-state index in [0.717, 1.165) is 31.5 Å². The Morgan fingerprint density at radius 1 is 1.06 bits per heavy atom. The Kier molecular flexibility index (Phi) is 7.01. The zero-order chi connectivity index (χ0) is 26.1. The van der Waals surface area contributed by atoms with Gasteiger partial charge in [-0.1, -0.05) is 12.1 Å². The molecule has 1 aromatic carbocycles. The molecule has 186 valence electrons. The first kappa shape index (κ1) is 25.9. The van der Waals surface area contributed by atoms with Gasteiger partial charge in [-0.3, -0.25) is 9.78 Å². The van der Waals surface area contributed by atoms with Gasteiger partial charge in [-0.15, -0.1) is 0 Å². The molecule has 2 N–H and O–H groups in total. The Balaban J connectivity index is 2.04. The van der Waals surface area contributed by atoms with Crippen molar-refractivity contribution in [3.8, 4) is 0 Å². The fourth-order valence-corrected chi connectivity index (χ4v) is 3.25. The van der Waals surface area contributed by atoms with Gasteiger partial charge in [-0.05, 0) is 36.8 Å². The summed E-state index contributed by atoms with van der Waals surface area (Å²) in [5, 5.41) is 12.7. The van der Waals surface area contributed by atoms with E-state index in [-0.39, 0.29) is 16.6 Å². The topological polar surface area (TPSA) is 101 Å². The van der Waals surface area contributed by atoms with Gasteiger partial charge >= 0.3 is 18.3 Å². The molecular formula is C22H17F6N3O4. The highest BCUT2D eigenvalue weighted by molar-refractivity contribution is 5.96. The first-order valence-corrected chi connectivity index (χ1v) is 9.84. The number of ether oxygens (including phenoxy) is 1. The van der Waals surface area contributed by atoms with Crippen LogP contribution in [0.4, 0.5) is 26.3 Å². The Labute approximate surface area is 193 Å². The number of aromatic nitrogens is 2. The van der Waals surface area contributed by atoms with E-state index in [1.165, 1.54) is 13.0 Å². The third-order valence-electron chi connectivity index (χ3n) is 4.99. The van der Waals surface area contributed by atoms with Crippen molar-refractivity contribution in [1.29, 1.82) is 0 Å². The maximum absolute atomic E-state index is 13.4. The maximum Gasteiger partial charge on any atom is 0.433 e. The van der Waals surface area contributed by atoms with Crippen molar-refractivity contribution in [3.05, 3.63) is 70.7 Å². The minimum absolute atomic E-state index is 0.0494. The van der Waals surface area contributed by atoms with E-state index in [1.54, 1.807) is 0 Å². The van der Waals surface area contributed by atoms with E-state index >= 15 is 0 Å². The number of carbonyl (C=O) groups is 2. The van der Waals surface area contributed by atoms with Crippen LogP contribution in [0.5, 0.6) is 0 Å². The van der Waals surface area contributed by atoms with Gasteiger partial charge in [0.05, 0.1) is 29.4 Å². The van der Waals surface area contributed by atoms with E-state index in [1.807, 2.05) is 0 Å². The van der Waals surface area contributed by atoms with Crippen LogP contribution in [-0.4, -0.2) is 40.1 Å². The fourth-order valence-electron chi connectivity index (χ4n) is 3.25. The Morgan fingerprint density at radius 3 is 2.29 bits per heavy atom. The number of nitrogens with zero attached hydrogens (tertiary/aromatic N) is 2. The van der Waals surface area contributed by atoms with Crippen molar-refractivity contribution >= 4 is 22.8 Å². The van der Waals surface area contributed by atoms with Crippen LogP contribution in [0.3, 0.4) is 0 Å². The van der Waals surface area contributed by atoms with E-state index in [9.17, 15) is 41.0 Å². The van der Waals surface area contributed by atoms with Crippen molar-refractivity contribution in [3.63, 3.8) is 0 Å². The number of carbonyl (C=O) groups excluding carboxylic acids is 2. The molecule has 2 unspecified atom stereocenters. The molecule has 0 bridgehead atoms. The van der Waals surface area contributed by atoms with E-state index in [0.29, 0.717) is 12.1 Å². The molecular weight excluding hydrogens is 484 g/mol. The fraction of sp³-hybridized carbons (Fsp3) is 0.273. The number of rotatable bonds is 5. The summed E-state index contributed by atoms with van der Waals surface area (Å²) in [5.41, 5.74) is -4.78. The molecule has 13 heteroatoms. The summed E-state index contributed by atoms with van der Waals surface area (Å²) in [5.74, 6) is -1.43. The first-order valence-electron chi connectivity index (χ1n) is 9.84. The van der Waals surface area contributed by atoms with Crippen molar-refractivity contribution < 1.29 is 45.8 Å². The largest absolute Gasteiger partial charge is 0.467 e. The van der Waals surface area contributed by atoms with Crippen LogP contribution >= 0.6 is 0 Å². The minimum atomic E-state index is -5.09. The first-order chi connectivity index (χ1) is 16.2. The van der Waals surface area contributed by atoms with Gasteiger partial charge in [0.15, 0.2) is 0 Å². The second-order valence-electron chi connectivity index (χ2n) is 7.39. The van der Waals surface area contributed by atoms with Gasteiger partial charge in [0, 0.05) is 11.6 Å². The monoisotopic (exact) mass is 501 g/mol. The number of pyridine rings is 2. The third kappa shape index (κ3) is 5.50. The van der Waals surface area contributed by atoms with Gasteiger partial charge < -0.3 is 15.2 Å². The summed E-state index contributed by atoms with van der Waals surface area (Å²) in [6.07, 6.45) is -11.0. The molecule has 0 saturated heterocycles. The summed E-state index contributed by atoms with van der Waals surface area (Å²) < 4.78 is 85.0. The number of alkyl halides is 6. The van der Waals surface area contributed by atoms with Gasteiger partial charge in [0.1, 0.15) is 17.8 Å². The Morgan fingerprint density at radius 2 is 1.74 bits per heavy atom. The number of hydrogen-bond acceptors (Lipinski definition) is 6. The molecule has 2 atom stereocenters. The molecule has 0 aliphatic carbocycles. The molecule has 2 aromatic heterocycles. The summed E-state index contributed by atoms with van der Waals surface area (Å²) in [7, 11) is 1.13. The maximum atomic E-state index is 13.4. The number of hydrogen-bond donors (Lipinski definition) is 2.